The average molecular weight is 187 g/mol. The van der Waals surface area contributed by atoms with Crippen LogP contribution in [0.25, 0.3) is 0 Å². The first kappa shape index (κ1) is 11.3. The van der Waals surface area contributed by atoms with Gasteiger partial charge in [0.15, 0.2) is 5.54 Å². The molecule has 0 saturated heterocycles. The van der Waals surface area contributed by atoms with Gasteiger partial charge in [-0.2, -0.15) is 0 Å². The summed E-state index contributed by atoms with van der Waals surface area (Å²) in [6, 6.07) is 0. The monoisotopic (exact) mass is 187 g/mol. The first-order valence-corrected chi connectivity index (χ1v) is 4.11. The minimum absolute atomic E-state index is 0.128. The number of nitrogens with zero attached hydrogens (tertiary/aromatic N) is 1. The van der Waals surface area contributed by atoms with Crippen molar-refractivity contribution in [3.8, 4) is 0 Å². The minimum Gasteiger partial charge on any atom is -0.461 e. The SMILES string of the molecule is CC(C)OC(=O)C(C)(C)N=C=S. The molecule has 0 radical (unpaired) electrons. The molecular formula is C8H13NO2S. The van der Waals surface area contributed by atoms with Crippen LogP contribution in [0.3, 0.4) is 0 Å². The standard InChI is InChI=1S/C8H13NO2S/c1-6(2)11-7(10)8(3,4)9-5-12/h6H,1-4H3. The van der Waals surface area contributed by atoms with E-state index in [1.165, 1.54) is 0 Å². The maximum absolute atomic E-state index is 11.3. The maximum Gasteiger partial charge on any atom is 0.334 e. The molecule has 0 aromatic carbocycles. The molecule has 0 unspecified atom stereocenters. The molecule has 0 saturated carbocycles. The van der Waals surface area contributed by atoms with E-state index in [9.17, 15) is 4.79 Å². The summed E-state index contributed by atoms with van der Waals surface area (Å²) in [6.07, 6.45) is -0.128. The van der Waals surface area contributed by atoms with Crippen molar-refractivity contribution in [3.05, 3.63) is 0 Å². The fourth-order valence-corrected chi connectivity index (χ4v) is 0.746. The summed E-state index contributed by atoms with van der Waals surface area (Å²) in [5.41, 5.74) is -0.911. The number of ether oxygens (including phenoxy) is 1. The van der Waals surface area contributed by atoms with E-state index in [0.29, 0.717) is 0 Å². The van der Waals surface area contributed by atoms with Gasteiger partial charge in [-0.1, -0.05) is 0 Å². The highest BCUT2D eigenvalue weighted by Gasteiger charge is 2.28. The minimum atomic E-state index is -0.911. The lowest BCUT2D eigenvalue weighted by atomic mass is 10.1. The molecule has 0 spiro atoms. The summed E-state index contributed by atoms with van der Waals surface area (Å²) >= 11 is 4.41. The van der Waals surface area contributed by atoms with Crippen LogP contribution in [-0.2, 0) is 9.53 Å². The second kappa shape index (κ2) is 4.33. The molecule has 0 aromatic rings. The molecule has 0 bridgehead atoms. The van der Waals surface area contributed by atoms with E-state index >= 15 is 0 Å². The number of carbonyl (C=O) groups is 1. The Morgan fingerprint density at radius 2 is 2.08 bits per heavy atom. The van der Waals surface area contributed by atoms with Gasteiger partial charge in [0.2, 0.25) is 0 Å². The molecule has 0 heterocycles. The molecule has 3 nitrogen and oxygen atoms in total. The molecule has 0 amide bonds. The summed E-state index contributed by atoms with van der Waals surface area (Å²) in [5.74, 6) is -0.380. The van der Waals surface area contributed by atoms with Crippen LogP contribution in [0.1, 0.15) is 27.7 Å². The fourth-order valence-electron chi connectivity index (χ4n) is 0.518. The molecule has 0 aromatic heterocycles. The number of isothiocyanates is 1. The van der Waals surface area contributed by atoms with Crippen LogP contribution < -0.4 is 0 Å². The van der Waals surface area contributed by atoms with Crippen molar-refractivity contribution in [2.24, 2.45) is 4.99 Å². The zero-order chi connectivity index (χ0) is 9.78. The second-order valence-corrected chi connectivity index (χ2v) is 3.40. The molecule has 4 heteroatoms. The normalized spacial score (nSPS) is 10.8. The second-order valence-electron chi connectivity index (χ2n) is 3.22. The molecule has 0 aliphatic carbocycles. The Hall–Kier alpha value is -0.730. The molecule has 0 aliphatic heterocycles. The van der Waals surface area contributed by atoms with Crippen molar-refractivity contribution >= 4 is 23.3 Å². The third-order valence-electron chi connectivity index (χ3n) is 1.17. The summed E-state index contributed by atoms with van der Waals surface area (Å²) in [5, 5.41) is 2.17. The number of thiocarbonyl (C=S) groups is 1. The molecule has 0 fully saturated rings. The van der Waals surface area contributed by atoms with Crippen molar-refractivity contribution in [1.29, 1.82) is 0 Å². The average Bonchev–Trinajstić information content (AvgIpc) is 1.85. The number of carbonyl (C=O) groups excluding carboxylic acids is 1. The van der Waals surface area contributed by atoms with Gasteiger partial charge < -0.3 is 4.74 Å². The van der Waals surface area contributed by atoms with Crippen molar-refractivity contribution < 1.29 is 9.53 Å². The summed E-state index contributed by atoms with van der Waals surface area (Å²) < 4.78 is 4.95. The number of hydrogen-bond acceptors (Lipinski definition) is 4. The lowest BCUT2D eigenvalue weighted by molar-refractivity contribution is -0.152. The first-order chi connectivity index (χ1) is 5.40. The van der Waals surface area contributed by atoms with Crippen molar-refractivity contribution in [2.45, 2.75) is 39.3 Å². The van der Waals surface area contributed by atoms with E-state index in [1.54, 1.807) is 27.7 Å². The Kier molecular flexibility index (Phi) is 4.07. The quantitative estimate of drug-likeness (QED) is 0.384. The molecular weight excluding hydrogens is 174 g/mol. The van der Waals surface area contributed by atoms with Gasteiger partial charge in [0.05, 0.1) is 11.3 Å². The van der Waals surface area contributed by atoms with E-state index in [4.69, 9.17) is 4.74 Å². The molecule has 12 heavy (non-hydrogen) atoms. The predicted octanol–water partition coefficient (Wildman–Crippen LogP) is 1.82. The van der Waals surface area contributed by atoms with Crippen molar-refractivity contribution in [2.75, 3.05) is 0 Å². The van der Waals surface area contributed by atoms with Crippen molar-refractivity contribution in [1.82, 2.24) is 0 Å². The highest BCUT2D eigenvalue weighted by molar-refractivity contribution is 7.78. The van der Waals surface area contributed by atoms with E-state index < -0.39 is 5.54 Å². The molecule has 0 N–H and O–H groups in total. The maximum atomic E-state index is 11.3. The van der Waals surface area contributed by atoms with Crippen LogP contribution in [0.2, 0.25) is 0 Å². The highest BCUT2D eigenvalue weighted by atomic mass is 32.1. The third kappa shape index (κ3) is 3.60. The molecule has 0 atom stereocenters. The van der Waals surface area contributed by atoms with E-state index in [2.05, 4.69) is 22.4 Å². The largest absolute Gasteiger partial charge is 0.461 e. The van der Waals surface area contributed by atoms with Gasteiger partial charge in [-0.15, -0.1) is 0 Å². The van der Waals surface area contributed by atoms with Gasteiger partial charge >= 0.3 is 5.97 Å². The zero-order valence-corrected chi connectivity index (χ0v) is 8.57. The summed E-state index contributed by atoms with van der Waals surface area (Å²) in [4.78, 5) is 15.0. The van der Waals surface area contributed by atoms with Crippen LogP contribution in [0.15, 0.2) is 4.99 Å². The Morgan fingerprint density at radius 3 is 2.42 bits per heavy atom. The van der Waals surface area contributed by atoms with Crippen LogP contribution in [0.4, 0.5) is 0 Å². The fraction of sp³-hybridized carbons (Fsp3) is 0.750. The number of hydrogen-bond donors (Lipinski definition) is 0. The Labute approximate surface area is 77.8 Å². The van der Waals surface area contributed by atoms with Gasteiger partial charge in [0, 0.05) is 0 Å². The summed E-state index contributed by atoms with van der Waals surface area (Å²) in [7, 11) is 0. The van der Waals surface area contributed by atoms with E-state index in [1.807, 2.05) is 0 Å². The number of aliphatic imine (C=N–C) groups is 1. The predicted molar refractivity (Wildman–Crippen MR) is 50.3 cm³/mol. The van der Waals surface area contributed by atoms with Gasteiger partial charge in [-0.05, 0) is 39.9 Å². The number of esters is 1. The Morgan fingerprint density at radius 1 is 1.58 bits per heavy atom. The third-order valence-corrected chi connectivity index (χ3v) is 1.26. The Bertz CT molecular complexity index is 217. The van der Waals surface area contributed by atoms with E-state index in [-0.39, 0.29) is 12.1 Å². The van der Waals surface area contributed by atoms with Crippen LogP contribution in [0, 0.1) is 0 Å². The smallest absolute Gasteiger partial charge is 0.334 e. The zero-order valence-electron chi connectivity index (χ0n) is 7.75. The van der Waals surface area contributed by atoms with Gasteiger partial charge in [-0.25, -0.2) is 9.79 Å². The van der Waals surface area contributed by atoms with Crippen LogP contribution in [0.5, 0.6) is 0 Å². The first-order valence-electron chi connectivity index (χ1n) is 3.70. The van der Waals surface area contributed by atoms with Crippen LogP contribution >= 0.6 is 12.2 Å². The molecule has 0 rings (SSSR count). The van der Waals surface area contributed by atoms with Gasteiger partial charge in [0.1, 0.15) is 0 Å². The highest BCUT2D eigenvalue weighted by Crippen LogP contribution is 2.11. The molecule has 68 valence electrons. The summed E-state index contributed by atoms with van der Waals surface area (Å²) in [6.45, 7) is 6.85. The lowest BCUT2D eigenvalue weighted by Crippen LogP contribution is -2.33. The molecule has 0 aliphatic rings. The topological polar surface area (TPSA) is 38.7 Å². The number of rotatable bonds is 3. The van der Waals surface area contributed by atoms with Crippen LogP contribution in [-0.4, -0.2) is 22.8 Å². The van der Waals surface area contributed by atoms with Gasteiger partial charge in [0.25, 0.3) is 0 Å². The van der Waals surface area contributed by atoms with Gasteiger partial charge in [-0.3, -0.25) is 0 Å². The lowest BCUT2D eigenvalue weighted by Gasteiger charge is -2.17. The van der Waals surface area contributed by atoms with E-state index in [0.717, 1.165) is 0 Å². The Balaban J connectivity index is 4.35. The van der Waals surface area contributed by atoms with Crippen molar-refractivity contribution in [3.63, 3.8) is 0 Å².